The normalized spacial score (nSPS) is 11.5. The van der Waals surface area contributed by atoms with Crippen molar-refractivity contribution < 1.29 is 4.39 Å². The van der Waals surface area contributed by atoms with Crippen molar-refractivity contribution >= 4 is 5.96 Å². The molecular formula is C18H26FN5. The molecule has 2 rings (SSSR count). The Balaban J connectivity index is 1.77. The summed E-state index contributed by atoms with van der Waals surface area (Å²) in [4.78, 5) is 4.21. The second kappa shape index (κ2) is 9.70. The van der Waals surface area contributed by atoms with Crippen LogP contribution >= 0.6 is 0 Å². The molecule has 0 aliphatic rings. The Morgan fingerprint density at radius 3 is 2.58 bits per heavy atom. The molecule has 0 saturated carbocycles. The van der Waals surface area contributed by atoms with E-state index in [1.165, 1.54) is 25.0 Å². The molecule has 2 aromatic rings. The van der Waals surface area contributed by atoms with E-state index in [1.54, 1.807) is 23.9 Å². The van der Waals surface area contributed by atoms with Crippen LogP contribution in [0.3, 0.4) is 0 Å². The summed E-state index contributed by atoms with van der Waals surface area (Å²) in [6.07, 6.45) is 6.28. The number of guanidine groups is 1. The lowest BCUT2D eigenvalue weighted by Gasteiger charge is -2.11. The molecule has 0 radical (unpaired) electrons. The third-order valence-corrected chi connectivity index (χ3v) is 3.71. The van der Waals surface area contributed by atoms with Gasteiger partial charge in [-0.05, 0) is 36.8 Å². The van der Waals surface area contributed by atoms with Crippen molar-refractivity contribution in [3.8, 4) is 5.69 Å². The van der Waals surface area contributed by atoms with Gasteiger partial charge in [-0.1, -0.05) is 19.8 Å². The minimum Gasteiger partial charge on any atom is -0.356 e. The highest BCUT2D eigenvalue weighted by atomic mass is 19.1. The highest BCUT2D eigenvalue weighted by Crippen LogP contribution is 2.09. The molecule has 2 N–H and O–H groups in total. The van der Waals surface area contributed by atoms with E-state index in [0.29, 0.717) is 0 Å². The summed E-state index contributed by atoms with van der Waals surface area (Å²) in [5.41, 5.74) is 1.83. The molecule has 0 bridgehead atoms. The molecule has 0 unspecified atom stereocenters. The van der Waals surface area contributed by atoms with Crippen molar-refractivity contribution in [3.05, 3.63) is 48.0 Å². The van der Waals surface area contributed by atoms with E-state index >= 15 is 0 Å². The minimum atomic E-state index is -0.242. The summed E-state index contributed by atoms with van der Waals surface area (Å²) in [6.45, 7) is 3.89. The molecule has 0 fully saturated rings. The fraction of sp³-hybridized carbons (Fsp3) is 0.444. The Morgan fingerprint density at radius 2 is 1.88 bits per heavy atom. The molecule has 1 aromatic heterocycles. The predicted molar refractivity (Wildman–Crippen MR) is 96.1 cm³/mol. The van der Waals surface area contributed by atoms with Crippen molar-refractivity contribution in [2.24, 2.45) is 4.99 Å². The highest BCUT2D eigenvalue weighted by molar-refractivity contribution is 5.79. The molecule has 1 heterocycles. The van der Waals surface area contributed by atoms with Crippen LogP contribution in [0.1, 0.15) is 31.9 Å². The van der Waals surface area contributed by atoms with Crippen LogP contribution in [0.4, 0.5) is 4.39 Å². The van der Waals surface area contributed by atoms with Crippen molar-refractivity contribution in [3.63, 3.8) is 0 Å². The first-order valence-electron chi connectivity index (χ1n) is 8.48. The van der Waals surface area contributed by atoms with Crippen LogP contribution in [0.2, 0.25) is 0 Å². The van der Waals surface area contributed by atoms with Crippen molar-refractivity contribution in [2.45, 2.75) is 32.6 Å². The van der Waals surface area contributed by atoms with Crippen LogP contribution in [-0.4, -0.2) is 35.9 Å². The molecule has 0 spiro atoms. The molecule has 0 saturated heterocycles. The molecule has 130 valence electrons. The zero-order valence-electron chi connectivity index (χ0n) is 14.4. The van der Waals surface area contributed by atoms with Crippen molar-refractivity contribution in [1.82, 2.24) is 20.4 Å². The number of hydrogen-bond donors (Lipinski definition) is 2. The molecule has 5 nitrogen and oxygen atoms in total. The van der Waals surface area contributed by atoms with Crippen LogP contribution in [0, 0.1) is 5.82 Å². The number of benzene rings is 1. The minimum absolute atomic E-state index is 0.242. The number of rotatable bonds is 8. The number of hydrogen-bond acceptors (Lipinski definition) is 2. The highest BCUT2D eigenvalue weighted by Gasteiger charge is 2.03. The van der Waals surface area contributed by atoms with Gasteiger partial charge in [0.15, 0.2) is 5.96 Å². The Labute approximate surface area is 143 Å². The van der Waals surface area contributed by atoms with Gasteiger partial charge in [-0.25, -0.2) is 9.07 Å². The van der Waals surface area contributed by atoms with Crippen LogP contribution in [-0.2, 0) is 6.42 Å². The third-order valence-electron chi connectivity index (χ3n) is 3.71. The van der Waals surface area contributed by atoms with Gasteiger partial charge < -0.3 is 10.6 Å². The molecule has 24 heavy (non-hydrogen) atoms. The average molecular weight is 331 g/mol. The van der Waals surface area contributed by atoms with Gasteiger partial charge in [0.1, 0.15) is 5.82 Å². The summed E-state index contributed by atoms with van der Waals surface area (Å²) in [5.74, 6) is 0.581. The predicted octanol–water partition coefficient (Wildman–Crippen LogP) is 2.91. The van der Waals surface area contributed by atoms with Crippen LogP contribution in [0.5, 0.6) is 0 Å². The Morgan fingerprint density at radius 1 is 1.12 bits per heavy atom. The van der Waals surface area contributed by atoms with E-state index in [9.17, 15) is 4.39 Å². The van der Waals surface area contributed by atoms with E-state index < -0.39 is 0 Å². The first-order chi connectivity index (χ1) is 11.7. The maximum Gasteiger partial charge on any atom is 0.190 e. The monoisotopic (exact) mass is 331 g/mol. The van der Waals surface area contributed by atoms with E-state index in [4.69, 9.17) is 0 Å². The SMILES string of the molecule is CCCCCNC(=NC)NCCc1ccn(-c2ccc(F)cc2)n1. The summed E-state index contributed by atoms with van der Waals surface area (Å²) in [6, 6.07) is 8.28. The molecule has 0 amide bonds. The Hall–Kier alpha value is -2.37. The molecular weight excluding hydrogens is 305 g/mol. The number of aliphatic imine (C=N–C) groups is 1. The summed E-state index contributed by atoms with van der Waals surface area (Å²) in [5, 5.41) is 11.1. The first-order valence-corrected chi connectivity index (χ1v) is 8.48. The molecule has 0 aliphatic carbocycles. The van der Waals surface area contributed by atoms with Gasteiger partial charge in [0.05, 0.1) is 11.4 Å². The molecule has 0 atom stereocenters. The summed E-state index contributed by atoms with van der Waals surface area (Å²) < 4.78 is 14.7. The summed E-state index contributed by atoms with van der Waals surface area (Å²) >= 11 is 0. The lowest BCUT2D eigenvalue weighted by atomic mass is 10.2. The van der Waals surface area contributed by atoms with E-state index in [1.807, 2.05) is 12.3 Å². The summed E-state index contributed by atoms with van der Waals surface area (Å²) in [7, 11) is 1.78. The van der Waals surface area contributed by atoms with Crippen LogP contribution in [0.15, 0.2) is 41.5 Å². The third kappa shape index (κ3) is 5.68. The largest absolute Gasteiger partial charge is 0.356 e. The van der Waals surface area contributed by atoms with Crippen LogP contribution in [0.25, 0.3) is 5.69 Å². The fourth-order valence-electron chi connectivity index (χ4n) is 2.34. The number of aromatic nitrogens is 2. The maximum atomic E-state index is 13.0. The molecule has 6 heteroatoms. The van der Waals surface area contributed by atoms with Gasteiger partial charge in [-0.2, -0.15) is 5.10 Å². The van der Waals surface area contributed by atoms with Crippen molar-refractivity contribution in [1.29, 1.82) is 0 Å². The zero-order valence-corrected chi connectivity index (χ0v) is 14.4. The smallest absolute Gasteiger partial charge is 0.190 e. The lowest BCUT2D eigenvalue weighted by molar-refractivity contribution is 0.627. The van der Waals surface area contributed by atoms with Gasteiger partial charge in [-0.15, -0.1) is 0 Å². The average Bonchev–Trinajstić information content (AvgIpc) is 3.06. The standard InChI is InChI=1S/C18H26FN5/c1-3-4-5-12-21-18(20-2)22-13-10-16-11-14-24(23-16)17-8-6-15(19)7-9-17/h6-9,11,14H,3-5,10,12-13H2,1-2H3,(H2,20,21,22). The molecule has 0 aliphatic heterocycles. The second-order valence-corrected chi connectivity index (χ2v) is 5.61. The quantitative estimate of drug-likeness (QED) is 0.444. The van der Waals surface area contributed by atoms with Crippen molar-refractivity contribution in [2.75, 3.05) is 20.1 Å². The topological polar surface area (TPSA) is 54.2 Å². The maximum absolute atomic E-state index is 13.0. The number of nitrogens with one attached hydrogen (secondary N) is 2. The van der Waals surface area contributed by atoms with Gasteiger partial charge in [0.25, 0.3) is 0 Å². The molecule has 1 aromatic carbocycles. The fourth-order valence-corrected chi connectivity index (χ4v) is 2.34. The number of halogens is 1. The Kier molecular flexibility index (Phi) is 7.26. The number of unbranched alkanes of at least 4 members (excludes halogenated alkanes) is 2. The van der Waals surface area contributed by atoms with E-state index in [-0.39, 0.29) is 5.82 Å². The zero-order chi connectivity index (χ0) is 17.2. The van der Waals surface area contributed by atoms with Gasteiger partial charge in [0.2, 0.25) is 0 Å². The van der Waals surface area contributed by atoms with E-state index in [2.05, 4.69) is 27.6 Å². The lowest BCUT2D eigenvalue weighted by Crippen LogP contribution is -2.38. The Bertz CT molecular complexity index is 633. The van der Waals surface area contributed by atoms with Gasteiger partial charge in [-0.3, -0.25) is 4.99 Å². The first kappa shape index (κ1) is 18.0. The van der Waals surface area contributed by atoms with Gasteiger partial charge in [0, 0.05) is 32.8 Å². The van der Waals surface area contributed by atoms with E-state index in [0.717, 1.165) is 43.3 Å². The van der Waals surface area contributed by atoms with Gasteiger partial charge >= 0.3 is 0 Å². The number of nitrogens with zero attached hydrogens (tertiary/aromatic N) is 3. The van der Waals surface area contributed by atoms with Crippen LogP contribution < -0.4 is 10.6 Å². The second-order valence-electron chi connectivity index (χ2n) is 5.61.